The van der Waals surface area contributed by atoms with Gasteiger partial charge in [-0.15, -0.1) is 0 Å². The van der Waals surface area contributed by atoms with E-state index in [0.717, 1.165) is 0 Å². The zero-order valence-electron chi connectivity index (χ0n) is 3.96. The second kappa shape index (κ2) is 7.21. The topological polar surface area (TPSA) is 61.6 Å². The highest BCUT2D eigenvalue weighted by Gasteiger charge is 1.95. The Morgan fingerprint density at radius 2 is 2.25 bits per heavy atom. The van der Waals surface area contributed by atoms with Gasteiger partial charge in [0.25, 0.3) is 0 Å². The van der Waals surface area contributed by atoms with Crippen molar-refractivity contribution < 1.29 is 14.1 Å². The summed E-state index contributed by atoms with van der Waals surface area (Å²) in [6, 6.07) is 0. The molecule has 0 aromatic carbocycles. The van der Waals surface area contributed by atoms with Crippen molar-refractivity contribution in [3.8, 4) is 0 Å². The highest BCUT2D eigenvalue weighted by Crippen LogP contribution is 1.80. The van der Waals surface area contributed by atoms with E-state index in [0.29, 0.717) is 0 Å². The van der Waals surface area contributed by atoms with Crippen molar-refractivity contribution in [2.24, 2.45) is 5.73 Å². The summed E-state index contributed by atoms with van der Waals surface area (Å²) in [6.45, 7) is -0.229. The summed E-state index contributed by atoms with van der Waals surface area (Å²) < 4.78 is 3.44. The first-order chi connectivity index (χ1) is 3.31. The van der Waals surface area contributed by atoms with Gasteiger partial charge in [-0.25, -0.2) is 4.79 Å². The number of carbonyl (C=O) groups is 1. The molecule has 0 amide bonds. The van der Waals surface area contributed by atoms with Crippen LogP contribution in [0.1, 0.15) is 0 Å². The van der Waals surface area contributed by atoms with Crippen LogP contribution in [0.15, 0.2) is 0 Å². The van der Waals surface area contributed by atoms with Crippen LogP contribution in [0.4, 0.5) is 0 Å². The van der Waals surface area contributed by atoms with E-state index < -0.39 is 5.97 Å². The lowest BCUT2D eigenvalue weighted by Crippen LogP contribution is -2.14. The molecule has 4 nitrogen and oxygen atoms in total. The maximum Gasteiger partial charge on any atom is 0.357 e. The second-order valence-corrected chi connectivity index (χ2v) is 0.848. The maximum absolute atomic E-state index is 9.86. The molecule has 0 atom stereocenters. The lowest BCUT2D eigenvalue weighted by Gasteiger charge is -1.88. The Kier molecular flexibility index (Phi) is 9.98. The van der Waals surface area contributed by atoms with Gasteiger partial charge in [-0.3, -0.25) is 4.89 Å². The summed E-state index contributed by atoms with van der Waals surface area (Å²) in [5.41, 5.74) is 4.74. The molecule has 0 aromatic heterocycles. The van der Waals surface area contributed by atoms with Gasteiger partial charge in [0, 0.05) is 17.4 Å². The van der Waals surface area contributed by atoms with Crippen molar-refractivity contribution in [2.45, 2.75) is 0 Å². The largest absolute Gasteiger partial charge is 0.357 e. The predicted molar refractivity (Wildman–Crippen MR) is 27.8 cm³/mol. The van der Waals surface area contributed by atoms with Crippen LogP contribution in [-0.2, 0) is 14.1 Å². The predicted octanol–water partition coefficient (Wildman–Crippen LogP) is -0.807. The van der Waals surface area contributed by atoms with Crippen molar-refractivity contribution in [3.63, 3.8) is 0 Å². The minimum Gasteiger partial charge on any atom is -0.321 e. The first kappa shape index (κ1) is 11.1. The smallest absolute Gasteiger partial charge is 0.321 e. The molecule has 0 saturated heterocycles. The quantitative estimate of drug-likeness (QED) is 0.320. The van der Waals surface area contributed by atoms with E-state index in [4.69, 9.17) is 5.73 Å². The van der Waals surface area contributed by atoms with Gasteiger partial charge in [-0.1, -0.05) is 4.44 Å². The average molecular weight is 152 g/mol. The number of hydrogen-bond acceptors (Lipinski definition) is 4. The lowest BCUT2D eigenvalue weighted by molar-refractivity contribution is -0.209. The monoisotopic (exact) mass is 152 g/mol. The Morgan fingerprint density at radius 1 is 1.75 bits per heavy atom. The van der Waals surface area contributed by atoms with Crippen LogP contribution in [0.2, 0.25) is 0 Å². The molecule has 0 spiro atoms. The van der Waals surface area contributed by atoms with Crippen LogP contribution in [-0.4, -0.2) is 29.9 Å². The van der Waals surface area contributed by atoms with Crippen molar-refractivity contribution in [1.82, 2.24) is 0 Å². The third-order valence-electron chi connectivity index (χ3n) is 0.291. The first-order valence-electron chi connectivity index (χ1n) is 1.49. The number of nitrogens with two attached hydrogens (primary N) is 1. The van der Waals surface area contributed by atoms with Crippen LogP contribution >= 0.6 is 11.9 Å². The van der Waals surface area contributed by atoms with Crippen LogP contribution in [0.25, 0.3) is 0 Å². The minimum absolute atomic E-state index is 0. The van der Waals surface area contributed by atoms with Gasteiger partial charge in [0.2, 0.25) is 0 Å². The number of carbonyl (C=O) groups excluding carboxylic acids is 1. The zero-order valence-corrected chi connectivity index (χ0v) is 5.88. The molecule has 3 radical (unpaired) electrons. The SMILES string of the molecule is NCC(=O)OOCl.[Al]. The molecule has 0 unspecified atom stereocenters. The normalized spacial score (nSPS) is 7.25. The third kappa shape index (κ3) is 6.21. The van der Waals surface area contributed by atoms with Gasteiger partial charge in [-0.2, -0.15) is 0 Å². The molecule has 0 aliphatic heterocycles. The first-order valence-corrected chi connectivity index (χ1v) is 1.80. The lowest BCUT2D eigenvalue weighted by atomic mass is 10.7. The van der Waals surface area contributed by atoms with Gasteiger partial charge in [0.1, 0.15) is 11.9 Å². The number of rotatable bonds is 2. The molecule has 0 aliphatic rings. The van der Waals surface area contributed by atoms with E-state index >= 15 is 0 Å². The van der Waals surface area contributed by atoms with Crippen molar-refractivity contribution >= 4 is 35.2 Å². The molecule has 8 heavy (non-hydrogen) atoms. The molecule has 6 heteroatoms. The summed E-state index contributed by atoms with van der Waals surface area (Å²) in [4.78, 5) is 13.5. The van der Waals surface area contributed by atoms with Crippen LogP contribution in [0.5, 0.6) is 0 Å². The molecule has 0 saturated carbocycles. The Hall–Kier alpha value is 0.212. The highest BCUT2D eigenvalue weighted by molar-refractivity contribution is 6.07. The fourth-order valence-electron chi connectivity index (χ4n) is 0.0692. The van der Waals surface area contributed by atoms with Gasteiger partial charge >= 0.3 is 5.97 Å². The standard InChI is InChI=1S/C2H4ClNO3.Al/c3-7-6-2(5)1-4;/h1,4H2;. The van der Waals surface area contributed by atoms with Gasteiger partial charge in [0.05, 0.1) is 6.54 Å². The van der Waals surface area contributed by atoms with Crippen LogP contribution in [0, 0.1) is 0 Å². The molecule has 0 aliphatic carbocycles. The van der Waals surface area contributed by atoms with E-state index in [9.17, 15) is 4.79 Å². The van der Waals surface area contributed by atoms with Gasteiger partial charge in [0.15, 0.2) is 0 Å². The van der Waals surface area contributed by atoms with E-state index in [2.05, 4.69) is 21.2 Å². The Morgan fingerprint density at radius 3 is 2.38 bits per heavy atom. The molecule has 0 rings (SSSR count). The number of hydrogen-bond donors (Lipinski definition) is 1. The van der Waals surface area contributed by atoms with E-state index in [1.54, 1.807) is 0 Å². The summed E-state index contributed by atoms with van der Waals surface area (Å²) in [5.74, 6) is -0.699. The summed E-state index contributed by atoms with van der Waals surface area (Å²) in [7, 11) is 0. The van der Waals surface area contributed by atoms with Crippen molar-refractivity contribution in [3.05, 3.63) is 0 Å². The Balaban J connectivity index is 0. The molecule has 45 valence electrons. The molecule has 0 fully saturated rings. The Bertz CT molecular complexity index is 70.3. The molecule has 2 N–H and O–H groups in total. The maximum atomic E-state index is 9.86. The molecule has 0 heterocycles. The minimum atomic E-state index is -0.699. The Labute approximate surface area is 62.1 Å². The van der Waals surface area contributed by atoms with Gasteiger partial charge in [-0.05, 0) is 0 Å². The summed E-state index contributed by atoms with van der Waals surface area (Å²) in [5, 5.41) is 0. The van der Waals surface area contributed by atoms with Crippen molar-refractivity contribution in [1.29, 1.82) is 0 Å². The summed E-state index contributed by atoms with van der Waals surface area (Å²) >= 11 is 4.48. The zero-order chi connectivity index (χ0) is 5.70. The van der Waals surface area contributed by atoms with Crippen LogP contribution in [0.3, 0.4) is 0 Å². The molecular formula is C2H4AlClNO3. The van der Waals surface area contributed by atoms with Gasteiger partial charge < -0.3 is 5.73 Å². The van der Waals surface area contributed by atoms with E-state index in [1.807, 2.05) is 0 Å². The third-order valence-corrected chi connectivity index (χ3v) is 0.354. The molecule has 0 aromatic rings. The molecular weight excluding hydrogens is 148 g/mol. The van der Waals surface area contributed by atoms with E-state index in [-0.39, 0.29) is 23.9 Å². The fraction of sp³-hybridized carbons (Fsp3) is 0.500. The van der Waals surface area contributed by atoms with Crippen molar-refractivity contribution in [2.75, 3.05) is 6.54 Å². The number of halogens is 1. The fourth-order valence-corrected chi connectivity index (χ4v) is 0.139. The summed E-state index contributed by atoms with van der Waals surface area (Å²) in [6.07, 6.45) is 0. The molecule has 0 bridgehead atoms. The average Bonchev–Trinajstić information content (AvgIpc) is 1.68. The van der Waals surface area contributed by atoms with E-state index in [1.165, 1.54) is 0 Å². The van der Waals surface area contributed by atoms with Crippen LogP contribution < -0.4 is 5.73 Å². The second-order valence-electron chi connectivity index (χ2n) is 0.722. The highest BCUT2D eigenvalue weighted by atomic mass is 35.5.